The van der Waals surface area contributed by atoms with Gasteiger partial charge < -0.3 is 15.5 Å². The summed E-state index contributed by atoms with van der Waals surface area (Å²) >= 11 is 0. The molecule has 0 aromatic rings. The molecule has 0 heterocycles. The van der Waals surface area contributed by atoms with Crippen molar-refractivity contribution in [3.63, 3.8) is 0 Å². The summed E-state index contributed by atoms with van der Waals surface area (Å²) in [4.78, 5) is 26.1. The van der Waals surface area contributed by atoms with Crippen LogP contribution in [0.15, 0.2) is 0 Å². The maximum Gasteiger partial charge on any atom is 0.309 e. The van der Waals surface area contributed by atoms with Crippen LogP contribution >= 0.6 is 0 Å². The first-order chi connectivity index (χ1) is 10.9. The highest BCUT2D eigenvalue weighted by atomic mass is 16.2. The van der Waals surface area contributed by atoms with Gasteiger partial charge in [-0.15, -0.1) is 0 Å². The molecule has 4 aliphatic rings. The van der Waals surface area contributed by atoms with Crippen LogP contribution in [0.25, 0.3) is 0 Å². The predicted octanol–water partition coefficient (Wildman–Crippen LogP) is 1.39. The molecule has 0 aromatic heterocycles. The first-order valence-electron chi connectivity index (χ1n) is 9.11. The Bertz CT molecular complexity index is 440. The van der Waals surface area contributed by atoms with Gasteiger partial charge in [-0.2, -0.15) is 0 Å². The standard InChI is InChI=1S/C18H31N3O2/c1-12(20-17(23)16(22)19-4-5-21(2)3)18-9-13-6-14(10-18)8-15(7-13)11-18/h12-15H,4-11H2,1-3H3,(H,19,22)(H,20,23). The molecule has 2 N–H and O–H groups in total. The zero-order valence-corrected chi connectivity index (χ0v) is 14.7. The number of amides is 2. The van der Waals surface area contributed by atoms with E-state index in [1.807, 2.05) is 19.0 Å². The summed E-state index contributed by atoms with van der Waals surface area (Å²) in [6.45, 7) is 3.35. The largest absolute Gasteiger partial charge is 0.347 e. The van der Waals surface area contributed by atoms with E-state index >= 15 is 0 Å². The Morgan fingerprint density at radius 1 is 1.04 bits per heavy atom. The van der Waals surface area contributed by atoms with Crippen LogP contribution < -0.4 is 10.6 Å². The van der Waals surface area contributed by atoms with Crippen molar-refractivity contribution < 1.29 is 9.59 Å². The second-order valence-corrected chi connectivity index (χ2v) is 8.53. The number of nitrogens with one attached hydrogen (secondary N) is 2. The monoisotopic (exact) mass is 321 g/mol. The lowest BCUT2D eigenvalue weighted by Gasteiger charge is -2.59. The Kier molecular flexibility index (Phi) is 4.68. The third-order valence-electron chi connectivity index (χ3n) is 6.40. The molecule has 4 fully saturated rings. The number of likely N-dealkylation sites (N-methyl/N-ethyl adjacent to an activating group) is 1. The lowest BCUT2D eigenvalue weighted by molar-refractivity contribution is -0.141. The Balaban J connectivity index is 1.53. The van der Waals surface area contributed by atoms with Gasteiger partial charge in [0.15, 0.2) is 0 Å². The molecule has 1 unspecified atom stereocenters. The van der Waals surface area contributed by atoms with Crippen molar-refractivity contribution in [3.8, 4) is 0 Å². The molecule has 23 heavy (non-hydrogen) atoms. The molecule has 4 bridgehead atoms. The van der Waals surface area contributed by atoms with Crippen molar-refractivity contribution in [3.05, 3.63) is 0 Å². The number of nitrogens with zero attached hydrogens (tertiary/aromatic N) is 1. The molecule has 4 aliphatic carbocycles. The van der Waals surface area contributed by atoms with Crippen molar-refractivity contribution in [1.82, 2.24) is 15.5 Å². The van der Waals surface area contributed by atoms with Crippen LogP contribution in [0.2, 0.25) is 0 Å². The summed E-state index contributed by atoms with van der Waals surface area (Å²) in [6, 6.07) is 0.1000. The summed E-state index contributed by atoms with van der Waals surface area (Å²) in [5.41, 5.74) is 0.244. The molecule has 130 valence electrons. The molecule has 0 saturated heterocycles. The summed E-state index contributed by atoms with van der Waals surface area (Å²) in [5.74, 6) is 1.61. The van der Waals surface area contributed by atoms with E-state index in [0.717, 1.165) is 24.3 Å². The molecule has 0 spiro atoms. The van der Waals surface area contributed by atoms with Crippen LogP contribution in [0.5, 0.6) is 0 Å². The lowest BCUT2D eigenvalue weighted by atomic mass is 9.48. The van der Waals surface area contributed by atoms with Gasteiger partial charge in [-0.3, -0.25) is 9.59 Å². The second-order valence-electron chi connectivity index (χ2n) is 8.53. The van der Waals surface area contributed by atoms with Crippen LogP contribution in [-0.4, -0.2) is 49.9 Å². The Morgan fingerprint density at radius 3 is 2.04 bits per heavy atom. The second kappa shape index (κ2) is 6.42. The number of hydrogen-bond acceptors (Lipinski definition) is 3. The zero-order valence-electron chi connectivity index (χ0n) is 14.7. The maximum atomic E-state index is 12.2. The normalized spacial score (nSPS) is 36.1. The van der Waals surface area contributed by atoms with Gasteiger partial charge in [-0.05, 0) is 82.7 Å². The molecule has 0 radical (unpaired) electrons. The topological polar surface area (TPSA) is 61.4 Å². The van der Waals surface area contributed by atoms with Crippen molar-refractivity contribution in [2.75, 3.05) is 27.2 Å². The first-order valence-corrected chi connectivity index (χ1v) is 9.11. The highest BCUT2D eigenvalue weighted by Crippen LogP contribution is 2.61. The van der Waals surface area contributed by atoms with Gasteiger partial charge in [0.1, 0.15) is 0 Å². The molecular weight excluding hydrogens is 290 g/mol. The number of carbonyl (C=O) groups is 2. The van der Waals surface area contributed by atoms with Crippen molar-refractivity contribution in [2.24, 2.45) is 23.2 Å². The molecular formula is C18H31N3O2. The van der Waals surface area contributed by atoms with Crippen LogP contribution in [0.3, 0.4) is 0 Å². The Hall–Kier alpha value is -1.10. The Morgan fingerprint density at radius 2 is 1.57 bits per heavy atom. The van der Waals surface area contributed by atoms with E-state index < -0.39 is 11.8 Å². The van der Waals surface area contributed by atoms with Crippen LogP contribution in [-0.2, 0) is 9.59 Å². The van der Waals surface area contributed by atoms with E-state index in [4.69, 9.17) is 0 Å². The molecule has 0 aromatic carbocycles. The van der Waals surface area contributed by atoms with E-state index in [-0.39, 0.29) is 11.5 Å². The zero-order chi connectivity index (χ0) is 16.6. The third kappa shape index (κ3) is 3.54. The minimum absolute atomic E-state index is 0.1000. The van der Waals surface area contributed by atoms with Crippen molar-refractivity contribution in [2.45, 2.75) is 51.5 Å². The summed E-state index contributed by atoms with van der Waals surface area (Å²) in [7, 11) is 3.89. The average Bonchev–Trinajstić information content (AvgIpc) is 2.45. The van der Waals surface area contributed by atoms with Gasteiger partial charge in [0, 0.05) is 19.1 Å². The van der Waals surface area contributed by atoms with Crippen LogP contribution in [0.1, 0.15) is 45.4 Å². The molecule has 2 amide bonds. The van der Waals surface area contributed by atoms with E-state index in [1.165, 1.54) is 38.5 Å². The fraction of sp³-hybridized carbons (Fsp3) is 0.889. The number of rotatable bonds is 5. The number of hydrogen-bond donors (Lipinski definition) is 2. The third-order valence-corrected chi connectivity index (χ3v) is 6.40. The average molecular weight is 321 g/mol. The van der Waals surface area contributed by atoms with E-state index in [0.29, 0.717) is 6.54 Å². The molecule has 4 rings (SSSR count). The van der Waals surface area contributed by atoms with E-state index in [2.05, 4.69) is 17.6 Å². The minimum atomic E-state index is -0.497. The van der Waals surface area contributed by atoms with Gasteiger partial charge in [0.2, 0.25) is 0 Å². The summed E-state index contributed by atoms with van der Waals surface area (Å²) < 4.78 is 0. The predicted molar refractivity (Wildman–Crippen MR) is 89.8 cm³/mol. The van der Waals surface area contributed by atoms with Gasteiger partial charge in [-0.25, -0.2) is 0 Å². The fourth-order valence-electron chi connectivity index (χ4n) is 5.60. The lowest BCUT2D eigenvalue weighted by Crippen LogP contribution is -2.57. The molecule has 4 saturated carbocycles. The van der Waals surface area contributed by atoms with E-state index in [1.54, 1.807) is 0 Å². The highest BCUT2D eigenvalue weighted by molar-refractivity contribution is 6.35. The highest BCUT2D eigenvalue weighted by Gasteiger charge is 2.53. The molecule has 0 aliphatic heterocycles. The summed E-state index contributed by atoms with van der Waals surface area (Å²) in [5, 5.41) is 5.71. The SMILES string of the molecule is CC(NC(=O)C(=O)NCCN(C)C)C12CC3CC(CC(C3)C1)C2. The summed E-state index contributed by atoms with van der Waals surface area (Å²) in [6.07, 6.45) is 7.90. The van der Waals surface area contributed by atoms with Crippen molar-refractivity contribution >= 4 is 11.8 Å². The fourth-order valence-corrected chi connectivity index (χ4v) is 5.60. The van der Waals surface area contributed by atoms with Gasteiger partial charge in [-0.1, -0.05) is 0 Å². The molecule has 5 nitrogen and oxygen atoms in total. The smallest absolute Gasteiger partial charge is 0.309 e. The van der Waals surface area contributed by atoms with Gasteiger partial charge >= 0.3 is 11.8 Å². The molecule has 1 atom stereocenters. The quantitative estimate of drug-likeness (QED) is 0.752. The van der Waals surface area contributed by atoms with Gasteiger partial charge in [0.05, 0.1) is 0 Å². The molecule has 5 heteroatoms. The van der Waals surface area contributed by atoms with Crippen molar-refractivity contribution in [1.29, 1.82) is 0 Å². The number of carbonyl (C=O) groups excluding carboxylic acids is 2. The Labute approximate surface area is 139 Å². The maximum absolute atomic E-state index is 12.2. The first kappa shape index (κ1) is 16.7. The van der Waals surface area contributed by atoms with E-state index in [9.17, 15) is 9.59 Å². The van der Waals surface area contributed by atoms with Crippen LogP contribution in [0.4, 0.5) is 0 Å². The van der Waals surface area contributed by atoms with Crippen LogP contribution in [0, 0.1) is 23.2 Å². The van der Waals surface area contributed by atoms with Gasteiger partial charge in [0.25, 0.3) is 0 Å². The minimum Gasteiger partial charge on any atom is -0.347 e.